The number of aryl methyl sites for hydroxylation is 1. The zero-order chi connectivity index (χ0) is 21.6. The smallest absolute Gasteiger partial charge is 0.336 e. The average Bonchev–Trinajstić information content (AvgIpc) is 2.73. The van der Waals surface area contributed by atoms with Crippen LogP contribution in [0, 0.1) is 0 Å². The number of carbonyl (C=O) groups is 2. The fourth-order valence-corrected chi connectivity index (χ4v) is 3.19. The molecule has 5 nitrogen and oxygen atoms in total. The Morgan fingerprint density at radius 2 is 1.66 bits per heavy atom. The van der Waals surface area contributed by atoms with Gasteiger partial charge in [-0.05, 0) is 50.5 Å². The third kappa shape index (κ3) is 7.60. The molecule has 0 atom stereocenters. The summed E-state index contributed by atoms with van der Waals surface area (Å²) in [5.74, 6) is -0.677. The Balaban J connectivity index is 0.000000308. The molecule has 0 amide bonds. The number of carbonyl (C=O) groups excluding carboxylic acids is 1. The number of benzene rings is 2. The van der Waals surface area contributed by atoms with Crippen LogP contribution in [0.1, 0.15) is 72.7 Å². The molecule has 5 heteroatoms. The van der Waals surface area contributed by atoms with Crippen molar-refractivity contribution in [2.45, 2.75) is 52.9 Å². The van der Waals surface area contributed by atoms with E-state index in [4.69, 9.17) is 5.11 Å². The average molecular weight is 400 g/mol. The van der Waals surface area contributed by atoms with Crippen molar-refractivity contribution < 1.29 is 19.8 Å². The molecule has 0 radical (unpaired) electrons. The van der Waals surface area contributed by atoms with Crippen LogP contribution in [0.5, 0.6) is 5.75 Å². The second-order valence-electron chi connectivity index (χ2n) is 6.77. The number of rotatable bonds is 10. The molecule has 0 aromatic heterocycles. The standard InChI is InChI=1S/C14H18O3.C10H15NO/c1-2-3-4-5-7-11-8-6-9-12(14(16)17)13(11)10-15;1-3-11(4-2)9-7-5-6-8-10(9)12/h6,8-10H,2-5,7H2,1H3,(H,16,17);5-8,12H,3-4H2,1-2H3. The highest BCUT2D eigenvalue weighted by molar-refractivity contribution is 5.98. The Hall–Kier alpha value is -2.82. The summed E-state index contributed by atoms with van der Waals surface area (Å²) in [7, 11) is 0. The first-order valence-corrected chi connectivity index (χ1v) is 10.3. The fourth-order valence-electron chi connectivity index (χ4n) is 3.19. The molecule has 2 rings (SSSR count). The highest BCUT2D eigenvalue weighted by atomic mass is 16.4. The number of unbranched alkanes of at least 4 members (excludes halogenated alkanes) is 3. The number of carboxylic acids is 1. The first kappa shape index (κ1) is 24.2. The first-order valence-electron chi connectivity index (χ1n) is 10.3. The summed E-state index contributed by atoms with van der Waals surface area (Å²) in [6.45, 7) is 8.15. The van der Waals surface area contributed by atoms with Gasteiger partial charge < -0.3 is 15.1 Å². The minimum absolute atomic E-state index is 0.105. The topological polar surface area (TPSA) is 77.8 Å². The van der Waals surface area contributed by atoms with Gasteiger partial charge in [0, 0.05) is 18.7 Å². The number of aldehydes is 1. The fraction of sp³-hybridized carbons (Fsp3) is 0.417. The number of phenols is 1. The van der Waals surface area contributed by atoms with Crippen LogP contribution in [-0.4, -0.2) is 35.6 Å². The Morgan fingerprint density at radius 3 is 2.21 bits per heavy atom. The summed E-state index contributed by atoms with van der Waals surface area (Å²) in [5, 5.41) is 18.5. The van der Waals surface area contributed by atoms with Crippen molar-refractivity contribution in [1.82, 2.24) is 0 Å². The van der Waals surface area contributed by atoms with Gasteiger partial charge in [0.15, 0.2) is 6.29 Å². The van der Waals surface area contributed by atoms with Gasteiger partial charge in [-0.1, -0.05) is 50.5 Å². The van der Waals surface area contributed by atoms with Crippen LogP contribution in [-0.2, 0) is 6.42 Å². The van der Waals surface area contributed by atoms with Gasteiger partial charge in [0.05, 0.1) is 11.3 Å². The quantitative estimate of drug-likeness (QED) is 0.404. The highest BCUT2D eigenvalue weighted by Crippen LogP contribution is 2.25. The normalized spacial score (nSPS) is 10.0. The van der Waals surface area contributed by atoms with Gasteiger partial charge in [-0.3, -0.25) is 4.79 Å². The maximum Gasteiger partial charge on any atom is 0.336 e. The van der Waals surface area contributed by atoms with Crippen LogP contribution in [0.25, 0.3) is 0 Å². The molecule has 0 aliphatic heterocycles. The maximum atomic E-state index is 11.0. The Kier molecular flexibility index (Phi) is 11.2. The second kappa shape index (κ2) is 13.4. The molecule has 0 spiro atoms. The van der Waals surface area contributed by atoms with Gasteiger partial charge >= 0.3 is 5.97 Å². The van der Waals surface area contributed by atoms with Crippen molar-refractivity contribution in [3.05, 3.63) is 59.2 Å². The van der Waals surface area contributed by atoms with Crippen LogP contribution in [0.15, 0.2) is 42.5 Å². The predicted octanol–water partition coefficient (Wildman–Crippen LogP) is 5.56. The van der Waals surface area contributed by atoms with E-state index in [0.717, 1.165) is 50.0 Å². The monoisotopic (exact) mass is 399 g/mol. The van der Waals surface area contributed by atoms with E-state index in [1.165, 1.54) is 12.5 Å². The zero-order valence-corrected chi connectivity index (χ0v) is 17.7. The summed E-state index contributed by atoms with van der Waals surface area (Å²) in [6.07, 6.45) is 5.88. The number of hydrogen-bond donors (Lipinski definition) is 2. The van der Waals surface area contributed by atoms with E-state index in [-0.39, 0.29) is 5.56 Å². The van der Waals surface area contributed by atoms with Crippen molar-refractivity contribution in [2.24, 2.45) is 0 Å². The van der Waals surface area contributed by atoms with Crippen LogP contribution in [0.4, 0.5) is 5.69 Å². The molecule has 2 aromatic rings. The van der Waals surface area contributed by atoms with Crippen LogP contribution >= 0.6 is 0 Å². The zero-order valence-electron chi connectivity index (χ0n) is 17.7. The van der Waals surface area contributed by atoms with E-state index in [1.807, 2.05) is 24.3 Å². The second-order valence-corrected chi connectivity index (χ2v) is 6.77. The number of nitrogens with zero attached hydrogens (tertiary/aromatic N) is 1. The molecular weight excluding hydrogens is 366 g/mol. The summed E-state index contributed by atoms with van der Waals surface area (Å²) >= 11 is 0. The molecule has 0 unspecified atom stereocenters. The van der Waals surface area contributed by atoms with Gasteiger partial charge in [-0.15, -0.1) is 0 Å². The maximum absolute atomic E-state index is 11.0. The predicted molar refractivity (Wildman–Crippen MR) is 118 cm³/mol. The van der Waals surface area contributed by atoms with Gasteiger partial charge in [-0.2, -0.15) is 0 Å². The molecule has 0 heterocycles. The molecule has 0 aliphatic carbocycles. The summed E-state index contributed by atoms with van der Waals surface area (Å²) in [5.41, 5.74) is 2.20. The largest absolute Gasteiger partial charge is 0.506 e. The van der Waals surface area contributed by atoms with Crippen molar-refractivity contribution in [1.29, 1.82) is 0 Å². The highest BCUT2D eigenvalue weighted by Gasteiger charge is 2.12. The van der Waals surface area contributed by atoms with E-state index < -0.39 is 5.97 Å². The van der Waals surface area contributed by atoms with E-state index in [2.05, 4.69) is 25.7 Å². The van der Waals surface area contributed by atoms with Crippen molar-refractivity contribution in [2.75, 3.05) is 18.0 Å². The lowest BCUT2D eigenvalue weighted by Crippen LogP contribution is -2.21. The number of phenolic OH excluding ortho intramolecular Hbond substituents is 1. The Morgan fingerprint density at radius 1 is 0.966 bits per heavy atom. The minimum atomic E-state index is -1.04. The van der Waals surface area contributed by atoms with Gasteiger partial charge in [0.2, 0.25) is 0 Å². The summed E-state index contributed by atoms with van der Waals surface area (Å²) < 4.78 is 0. The number of aromatic carboxylic acids is 1. The molecule has 0 saturated heterocycles. The molecule has 29 heavy (non-hydrogen) atoms. The lowest BCUT2D eigenvalue weighted by molar-refractivity contribution is 0.0693. The third-order valence-electron chi connectivity index (χ3n) is 4.83. The van der Waals surface area contributed by atoms with Crippen LogP contribution in [0.2, 0.25) is 0 Å². The molecule has 2 aromatic carbocycles. The summed E-state index contributed by atoms with van der Waals surface area (Å²) in [6, 6.07) is 12.4. The van der Waals surface area contributed by atoms with Gasteiger partial charge in [-0.25, -0.2) is 4.79 Å². The molecule has 2 N–H and O–H groups in total. The van der Waals surface area contributed by atoms with Crippen molar-refractivity contribution >= 4 is 17.9 Å². The SMILES string of the molecule is CCCCCCc1cccc(C(=O)O)c1C=O.CCN(CC)c1ccccc1O. The van der Waals surface area contributed by atoms with Gasteiger partial charge in [0.25, 0.3) is 0 Å². The summed E-state index contributed by atoms with van der Waals surface area (Å²) in [4.78, 5) is 24.0. The molecule has 0 fully saturated rings. The molecule has 0 bridgehead atoms. The number of aromatic hydroxyl groups is 1. The Bertz CT molecular complexity index is 769. The molecular formula is C24H33NO4. The lowest BCUT2D eigenvalue weighted by Gasteiger charge is -2.21. The number of carboxylic acid groups (broad SMARTS) is 1. The van der Waals surface area contributed by atoms with E-state index in [1.54, 1.807) is 12.1 Å². The molecule has 0 aliphatic rings. The lowest BCUT2D eigenvalue weighted by atomic mass is 9.97. The van der Waals surface area contributed by atoms with Crippen LogP contribution in [0.3, 0.4) is 0 Å². The minimum Gasteiger partial charge on any atom is -0.506 e. The molecule has 0 saturated carbocycles. The third-order valence-corrected chi connectivity index (χ3v) is 4.83. The Labute approximate surface area is 174 Å². The molecule has 158 valence electrons. The van der Waals surface area contributed by atoms with E-state index >= 15 is 0 Å². The van der Waals surface area contributed by atoms with Crippen molar-refractivity contribution in [3.63, 3.8) is 0 Å². The number of anilines is 1. The van der Waals surface area contributed by atoms with Gasteiger partial charge in [0.1, 0.15) is 5.75 Å². The van der Waals surface area contributed by atoms with Crippen LogP contribution < -0.4 is 4.90 Å². The number of para-hydroxylation sites is 2. The number of hydrogen-bond acceptors (Lipinski definition) is 4. The first-order chi connectivity index (χ1) is 14.0. The van der Waals surface area contributed by atoms with E-state index in [0.29, 0.717) is 17.6 Å². The van der Waals surface area contributed by atoms with Crippen molar-refractivity contribution in [3.8, 4) is 5.75 Å². The van der Waals surface area contributed by atoms with E-state index in [9.17, 15) is 14.7 Å².